The molecule has 0 amide bonds. The first-order valence-electron chi connectivity index (χ1n) is 8.04. The van der Waals surface area contributed by atoms with Crippen molar-refractivity contribution in [2.24, 2.45) is 0 Å². The number of rotatable bonds is 6. The summed E-state index contributed by atoms with van der Waals surface area (Å²) in [4.78, 5) is 14.5. The van der Waals surface area contributed by atoms with Crippen LogP contribution in [0.2, 0.25) is 0 Å². The number of likely N-dealkylation sites (tertiary alicyclic amines) is 1. The third-order valence-electron chi connectivity index (χ3n) is 3.92. The Bertz CT molecular complexity index is 619. The van der Waals surface area contributed by atoms with Crippen molar-refractivity contribution < 1.29 is 14.3 Å². The van der Waals surface area contributed by atoms with Gasteiger partial charge in [-0.15, -0.1) is 0 Å². The van der Waals surface area contributed by atoms with Gasteiger partial charge in [0.15, 0.2) is 0 Å². The van der Waals surface area contributed by atoms with Crippen molar-refractivity contribution in [3.8, 4) is 11.5 Å². The molecule has 1 aliphatic rings. The molecule has 0 saturated carbocycles. The molecular formula is C19H21NO3. The van der Waals surface area contributed by atoms with E-state index in [2.05, 4.69) is 4.90 Å². The van der Waals surface area contributed by atoms with Gasteiger partial charge in [-0.25, -0.2) is 4.79 Å². The Morgan fingerprint density at radius 2 is 1.61 bits per heavy atom. The second kappa shape index (κ2) is 7.79. The molecule has 1 heterocycles. The summed E-state index contributed by atoms with van der Waals surface area (Å²) in [5, 5.41) is 0. The van der Waals surface area contributed by atoms with Gasteiger partial charge in [0.05, 0.1) is 5.56 Å². The molecule has 1 aliphatic heterocycles. The van der Waals surface area contributed by atoms with Crippen LogP contribution in [0.3, 0.4) is 0 Å². The first kappa shape index (κ1) is 15.6. The fourth-order valence-electron chi connectivity index (χ4n) is 2.64. The van der Waals surface area contributed by atoms with Crippen LogP contribution in [0.25, 0.3) is 0 Å². The van der Waals surface area contributed by atoms with Crippen LogP contribution in [0.4, 0.5) is 0 Å². The summed E-state index contributed by atoms with van der Waals surface area (Å²) < 4.78 is 11.0. The zero-order valence-electron chi connectivity index (χ0n) is 13.1. The van der Waals surface area contributed by atoms with Crippen molar-refractivity contribution in [3.63, 3.8) is 0 Å². The van der Waals surface area contributed by atoms with Crippen LogP contribution in [0.15, 0.2) is 54.6 Å². The van der Waals surface area contributed by atoms with Gasteiger partial charge < -0.3 is 9.47 Å². The number of carbonyl (C=O) groups is 1. The van der Waals surface area contributed by atoms with Crippen molar-refractivity contribution in [2.75, 3.05) is 26.2 Å². The number of esters is 1. The second-order valence-electron chi connectivity index (χ2n) is 5.62. The Hall–Kier alpha value is -2.33. The van der Waals surface area contributed by atoms with Crippen molar-refractivity contribution in [1.82, 2.24) is 4.90 Å². The SMILES string of the molecule is O=C(Oc1ccccc1)c1ccc(OCCN2CCCC2)cc1. The zero-order valence-corrected chi connectivity index (χ0v) is 13.1. The summed E-state index contributed by atoms with van der Waals surface area (Å²) in [6.07, 6.45) is 2.58. The smallest absolute Gasteiger partial charge is 0.343 e. The largest absolute Gasteiger partial charge is 0.492 e. The van der Waals surface area contributed by atoms with Crippen molar-refractivity contribution >= 4 is 5.97 Å². The van der Waals surface area contributed by atoms with E-state index in [4.69, 9.17) is 9.47 Å². The summed E-state index contributed by atoms with van der Waals surface area (Å²) in [5.74, 6) is 0.962. The van der Waals surface area contributed by atoms with Crippen LogP contribution in [-0.4, -0.2) is 37.1 Å². The molecule has 0 radical (unpaired) electrons. The molecule has 0 unspecified atom stereocenters. The minimum absolute atomic E-state index is 0.361. The average Bonchev–Trinajstić information content (AvgIpc) is 3.10. The highest BCUT2D eigenvalue weighted by molar-refractivity contribution is 5.91. The van der Waals surface area contributed by atoms with Crippen LogP contribution in [0, 0.1) is 0 Å². The summed E-state index contributed by atoms with van der Waals surface area (Å²) >= 11 is 0. The van der Waals surface area contributed by atoms with Gasteiger partial charge in [-0.1, -0.05) is 18.2 Å². The predicted molar refractivity (Wildman–Crippen MR) is 89.0 cm³/mol. The molecule has 2 aromatic rings. The molecule has 0 aliphatic carbocycles. The van der Waals surface area contributed by atoms with Crippen LogP contribution in [0.5, 0.6) is 11.5 Å². The number of nitrogens with zero attached hydrogens (tertiary/aromatic N) is 1. The molecule has 1 saturated heterocycles. The standard InChI is InChI=1S/C19H21NO3/c21-19(23-18-6-2-1-3-7-18)16-8-10-17(11-9-16)22-15-14-20-12-4-5-13-20/h1-3,6-11H,4-5,12-15H2. The summed E-state index contributed by atoms with van der Waals surface area (Å²) in [5.41, 5.74) is 0.515. The monoisotopic (exact) mass is 311 g/mol. The number of ether oxygens (including phenoxy) is 2. The van der Waals surface area contributed by atoms with E-state index in [1.165, 1.54) is 25.9 Å². The molecular weight excluding hydrogens is 290 g/mol. The Labute approximate surface area is 136 Å². The molecule has 4 nitrogen and oxygen atoms in total. The lowest BCUT2D eigenvalue weighted by atomic mass is 10.2. The highest BCUT2D eigenvalue weighted by Crippen LogP contribution is 2.16. The van der Waals surface area contributed by atoms with Gasteiger partial charge in [-0.2, -0.15) is 0 Å². The van der Waals surface area contributed by atoms with E-state index in [1.807, 2.05) is 30.3 Å². The fourth-order valence-corrected chi connectivity index (χ4v) is 2.64. The molecule has 0 bridgehead atoms. The molecule has 0 aromatic heterocycles. The number of para-hydroxylation sites is 1. The van der Waals surface area contributed by atoms with Gasteiger partial charge in [-0.3, -0.25) is 4.90 Å². The predicted octanol–water partition coefficient (Wildman–Crippen LogP) is 3.38. The van der Waals surface area contributed by atoms with Gasteiger partial charge in [0.25, 0.3) is 0 Å². The van der Waals surface area contributed by atoms with E-state index >= 15 is 0 Å². The second-order valence-corrected chi connectivity index (χ2v) is 5.62. The lowest BCUT2D eigenvalue weighted by molar-refractivity contribution is 0.0734. The third kappa shape index (κ3) is 4.57. The van der Waals surface area contributed by atoms with Crippen molar-refractivity contribution in [3.05, 3.63) is 60.2 Å². The number of hydrogen-bond donors (Lipinski definition) is 0. The summed E-state index contributed by atoms with van der Waals surface area (Å²) in [6, 6.07) is 16.1. The Morgan fingerprint density at radius 3 is 2.30 bits per heavy atom. The first-order valence-corrected chi connectivity index (χ1v) is 8.04. The Morgan fingerprint density at radius 1 is 0.913 bits per heavy atom. The maximum absolute atomic E-state index is 12.0. The molecule has 0 spiro atoms. The van der Waals surface area contributed by atoms with Gasteiger partial charge >= 0.3 is 5.97 Å². The zero-order chi connectivity index (χ0) is 15.9. The van der Waals surface area contributed by atoms with E-state index in [1.54, 1.807) is 24.3 Å². The minimum Gasteiger partial charge on any atom is -0.492 e. The minimum atomic E-state index is -0.361. The van der Waals surface area contributed by atoms with Crippen molar-refractivity contribution in [1.29, 1.82) is 0 Å². The van der Waals surface area contributed by atoms with Crippen LogP contribution in [-0.2, 0) is 0 Å². The van der Waals surface area contributed by atoms with E-state index in [0.717, 1.165) is 12.3 Å². The van der Waals surface area contributed by atoms with Crippen LogP contribution >= 0.6 is 0 Å². The van der Waals surface area contributed by atoms with Crippen LogP contribution in [0.1, 0.15) is 23.2 Å². The van der Waals surface area contributed by atoms with E-state index in [-0.39, 0.29) is 5.97 Å². The fraction of sp³-hybridized carbons (Fsp3) is 0.316. The number of hydrogen-bond acceptors (Lipinski definition) is 4. The molecule has 4 heteroatoms. The summed E-state index contributed by atoms with van der Waals surface area (Å²) in [6.45, 7) is 3.98. The molecule has 120 valence electrons. The molecule has 1 fully saturated rings. The maximum Gasteiger partial charge on any atom is 0.343 e. The topological polar surface area (TPSA) is 38.8 Å². The third-order valence-corrected chi connectivity index (χ3v) is 3.92. The van der Waals surface area contributed by atoms with E-state index < -0.39 is 0 Å². The average molecular weight is 311 g/mol. The highest BCUT2D eigenvalue weighted by Gasteiger charge is 2.11. The van der Waals surface area contributed by atoms with Gasteiger partial charge in [0, 0.05) is 6.54 Å². The van der Waals surface area contributed by atoms with Gasteiger partial charge in [0.2, 0.25) is 0 Å². The number of benzene rings is 2. The molecule has 2 aromatic carbocycles. The lowest BCUT2D eigenvalue weighted by Crippen LogP contribution is -2.25. The van der Waals surface area contributed by atoms with Crippen LogP contribution < -0.4 is 9.47 Å². The van der Waals surface area contributed by atoms with Crippen molar-refractivity contribution in [2.45, 2.75) is 12.8 Å². The normalized spacial score (nSPS) is 14.6. The Balaban J connectivity index is 1.49. The van der Waals surface area contributed by atoms with E-state index in [9.17, 15) is 4.79 Å². The molecule has 0 N–H and O–H groups in total. The number of carbonyl (C=O) groups excluding carboxylic acids is 1. The van der Waals surface area contributed by atoms with E-state index in [0.29, 0.717) is 17.9 Å². The summed E-state index contributed by atoms with van der Waals surface area (Å²) in [7, 11) is 0. The Kier molecular flexibility index (Phi) is 5.27. The highest BCUT2D eigenvalue weighted by atomic mass is 16.5. The lowest BCUT2D eigenvalue weighted by Gasteiger charge is -2.14. The quantitative estimate of drug-likeness (QED) is 0.605. The first-order chi connectivity index (χ1) is 11.3. The molecule has 0 atom stereocenters. The van der Waals surface area contributed by atoms with Gasteiger partial charge in [0.1, 0.15) is 18.1 Å². The molecule has 23 heavy (non-hydrogen) atoms. The van der Waals surface area contributed by atoms with Gasteiger partial charge in [-0.05, 0) is 62.3 Å². The molecule has 3 rings (SSSR count). The maximum atomic E-state index is 12.0.